The van der Waals surface area contributed by atoms with E-state index < -0.39 is 29.2 Å². The van der Waals surface area contributed by atoms with Gasteiger partial charge in [0.15, 0.2) is 5.13 Å². The van der Waals surface area contributed by atoms with Crippen molar-refractivity contribution in [1.29, 1.82) is 0 Å². The van der Waals surface area contributed by atoms with Gasteiger partial charge >= 0.3 is 5.97 Å². The third-order valence-electron chi connectivity index (χ3n) is 5.68. The number of carboxylic acids is 1. The predicted molar refractivity (Wildman–Crippen MR) is 128 cm³/mol. The number of aryl methyl sites for hydroxylation is 1. The van der Waals surface area contributed by atoms with Crippen molar-refractivity contribution in [3.8, 4) is 0 Å². The molecule has 4 N–H and O–H groups in total. The number of nitrogens with one attached hydrogen (secondary N) is 1. The molecule has 0 spiro atoms. The number of hydrogen-bond acceptors (Lipinski definition) is 11. The lowest BCUT2D eigenvalue weighted by Crippen LogP contribution is -2.71. The second-order valence-corrected chi connectivity index (χ2v) is 9.78. The molecule has 3 aromatic rings. The van der Waals surface area contributed by atoms with Crippen LogP contribution in [-0.4, -0.2) is 76.8 Å². The summed E-state index contributed by atoms with van der Waals surface area (Å²) < 4.78 is 7.54. The molecule has 2 unspecified atom stereocenters. The van der Waals surface area contributed by atoms with E-state index in [0.717, 1.165) is 22.9 Å². The van der Waals surface area contributed by atoms with Crippen molar-refractivity contribution in [2.24, 2.45) is 5.16 Å². The van der Waals surface area contributed by atoms with Gasteiger partial charge in [0.2, 0.25) is 11.5 Å². The highest BCUT2D eigenvalue weighted by molar-refractivity contribution is 8.00. The summed E-state index contributed by atoms with van der Waals surface area (Å²) in [5.74, 6) is -2.19. The summed E-state index contributed by atoms with van der Waals surface area (Å²) in [6, 6.07) is 4.74. The second kappa shape index (κ2) is 9.19. The topological polar surface area (TPSA) is 181 Å². The van der Waals surface area contributed by atoms with Crippen molar-refractivity contribution in [2.75, 3.05) is 18.6 Å². The predicted octanol–water partition coefficient (Wildman–Crippen LogP) is -0.847. The molecule has 5 heterocycles. The number of carbonyl (C=O) groups excluding carboxylic acids is 2. The molecule has 0 aromatic carbocycles. The molecule has 16 heteroatoms. The second-order valence-electron chi connectivity index (χ2n) is 7.89. The molecule has 5 rings (SSSR count). The number of aliphatic carboxylic acids is 1. The number of amides is 2. The number of pyridine rings is 1. The highest BCUT2D eigenvalue weighted by atomic mass is 32.2. The van der Waals surface area contributed by atoms with Crippen LogP contribution in [0.5, 0.6) is 0 Å². The van der Waals surface area contributed by atoms with E-state index in [1.807, 2.05) is 29.7 Å². The van der Waals surface area contributed by atoms with Gasteiger partial charge in [0.1, 0.15) is 29.9 Å². The Morgan fingerprint density at radius 1 is 1.42 bits per heavy atom. The van der Waals surface area contributed by atoms with E-state index in [-0.39, 0.29) is 28.9 Å². The summed E-state index contributed by atoms with van der Waals surface area (Å²) in [7, 11) is 1.25. The molecule has 186 valence electrons. The number of carbonyl (C=O) groups is 3. The minimum absolute atomic E-state index is 0.0363. The largest absolute Gasteiger partial charge is 0.477 e. The molecule has 0 radical (unpaired) electrons. The van der Waals surface area contributed by atoms with Crippen LogP contribution < -0.4 is 15.6 Å². The molecular formula is C20H20N9O5S2+. The van der Waals surface area contributed by atoms with Crippen LogP contribution in [0, 0.1) is 6.92 Å². The van der Waals surface area contributed by atoms with Crippen LogP contribution in [-0.2, 0) is 25.8 Å². The number of β-lactam (4-membered cyclic amide) rings is 1. The number of nitrogen functional groups attached to an aromatic ring is 1. The molecule has 0 aliphatic carbocycles. The van der Waals surface area contributed by atoms with E-state index in [2.05, 4.69) is 24.9 Å². The molecule has 36 heavy (non-hydrogen) atoms. The summed E-state index contributed by atoms with van der Waals surface area (Å²) in [6.07, 6.45) is 1.63. The number of nitrogens with two attached hydrogens (primary N) is 1. The number of anilines is 1. The number of oxime groups is 1. The lowest BCUT2D eigenvalue weighted by atomic mass is 10.0. The normalized spacial score (nSPS) is 19.8. The number of aromatic nitrogens is 5. The van der Waals surface area contributed by atoms with Gasteiger partial charge in [0.05, 0.1) is 6.54 Å². The van der Waals surface area contributed by atoms with E-state index in [9.17, 15) is 19.5 Å². The average molecular weight is 531 g/mol. The molecule has 2 atom stereocenters. The zero-order chi connectivity index (χ0) is 25.6. The van der Waals surface area contributed by atoms with Gasteiger partial charge in [0.25, 0.3) is 23.8 Å². The van der Waals surface area contributed by atoms with E-state index >= 15 is 0 Å². The van der Waals surface area contributed by atoms with Crippen LogP contribution in [0.2, 0.25) is 0 Å². The molecule has 0 saturated carbocycles. The summed E-state index contributed by atoms with van der Waals surface area (Å²) in [6.45, 7) is 2.17. The van der Waals surface area contributed by atoms with Gasteiger partial charge in [-0.3, -0.25) is 14.5 Å². The molecule has 2 amide bonds. The quantitative estimate of drug-likeness (QED) is 0.151. The fourth-order valence-corrected chi connectivity index (χ4v) is 5.85. The highest BCUT2D eigenvalue weighted by Gasteiger charge is 2.54. The van der Waals surface area contributed by atoms with Crippen LogP contribution in [0.15, 0.2) is 41.0 Å². The lowest BCUT2D eigenvalue weighted by molar-refractivity contribution is -0.664. The molecule has 2 aliphatic rings. The standard InChI is InChI=1S/C20H19N9O5S2/c1-9-4-3-5-11-27(8-22-29(9)11)6-10-7-35-18-13(17(31)28(18)14(10)19(32)33)23-16(30)12(25-34-2)15-24-20(21)36-26-15/h3-5,8,13,18H,6-7H2,1-2H3,(H3-,21,23,24,26,30,32,33)/p+1/b25-12+. The number of fused-ring (bicyclic) bond motifs is 2. The molecule has 1 saturated heterocycles. The van der Waals surface area contributed by atoms with E-state index in [4.69, 9.17) is 10.6 Å². The molecule has 14 nitrogen and oxygen atoms in total. The maximum atomic E-state index is 13.0. The Kier molecular flexibility index (Phi) is 6.05. The summed E-state index contributed by atoms with van der Waals surface area (Å²) in [5, 5.41) is 20.1. The van der Waals surface area contributed by atoms with Crippen LogP contribution in [0.1, 0.15) is 11.5 Å². The Morgan fingerprint density at radius 2 is 2.22 bits per heavy atom. The molecule has 0 bridgehead atoms. The Balaban J connectivity index is 1.38. The van der Waals surface area contributed by atoms with E-state index in [0.29, 0.717) is 11.3 Å². The van der Waals surface area contributed by atoms with Gasteiger partial charge in [-0.15, -0.1) is 11.8 Å². The number of nitrogens with zero attached hydrogens (tertiary/aromatic N) is 7. The molecule has 2 aliphatic heterocycles. The van der Waals surface area contributed by atoms with Gasteiger partial charge in [-0.05, 0) is 13.0 Å². The van der Waals surface area contributed by atoms with E-state index in [1.165, 1.54) is 23.8 Å². The molecule has 1 fully saturated rings. The first-order valence-electron chi connectivity index (χ1n) is 10.5. The SMILES string of the molecule is CO/N=C(/C(=O)NC1C(=O)N2C(C(=O)O)=C(C[n+]3cnn4c(C)cccc43)CSC12)c1nsc(N)n1. The third kappa shape index (κ3) is 3.93. The number of carboxylic acid groups (broad SMARTS) is 1. The van der Waals surface area contributed by atoms with Gasteiger partial charge in [0, 0.05) is 34.0 Å². The monoisotopic (exact) mass is 530 g/mol. The Hall–Kier alpha value is -4.05. The summed E-state index contributed by atoms with van der Waals surface area (Å²) in [4.78, 5) is 48.0. The third-order valence-corrected chi connectivity index (χ3v) is 7.57. The lowest BCUT2D eigenvalue weighted by Gasteiger charge is -2.49. The Bertz CT molecular complexity index is 1460. The Labute approximate surface area is 211 Å². The highest BCUT2D eigenvalue weighted by Crippen LogP contribution is 2.40. The van der Waals surface area contributed by atoms with Crippen LogP contribution >= 0.6 is 23.3 Å². The van der Waals surface area contributed by atoms with Gasteiger partial charge in [-0.25, -0.2) is 9.36 Å². The first-order valence-corrected chi connectivity index (χ1v) is 12.4. The van der Waals surface area contributed by atoms with E-state index in [1.54, 1.807) is 10.8 Å². The molecular weight excluding hydrogens is 510 g/mol. The van der Waals surface area contributed by atoms with Crippen molar-refractivity contribution < 1.29 is 28.9 Å². The molecule has 3 aromatic heterocycles. The van der Waals surface area contributed by atoms with Crippen molar-refractivity contribution in [1.82, 2.24) is 29.2 Å². The van der Waals surface area contributed by atoms with Crippen LogP contribution in [0.25, 0.3) is 5.65 Å². The maximum Gasteiger partial charge on any atom is 0.352 e. The van der Waals surface area contributed by atoms with Gasteiger partial charge < -0.3 is 21.0 Å². The minimum Gasteiger partial charge on any atom is -0.477 e. The van der Waals surface area contributed by atoms with Crippen molar-refractivity contribution in [3.05, 3.63) is 47.3 Å². The minimum atomic E-state index is -1.22. The number of hydrogen-bond donors (Lipinski definition) is 3. The fraction of sp³-hybridized carbons (Fsp3) is 0.300. The van der Waals surface area contributed by atoms with Crippen molar-refractivity contribution in [2.45, 2.75) is 24.9 Å². The smallest absolute Gasteiger partial charge is 0.352 e. The summed E-state index contributed by atoms with van der Waals surface area (Å²) >= 11 is 2.24. The van der Waals surface area contributed by atoms with Crippen LogP contribution in [0.3, 0.4) is 0 Å². The van der Waals surface area contributed by atoms with Crippen LogP contribution in [0.4, 0.5) is 5.13 Å². The Morgan fingerprint density at radius 3 is 2.92 bits per heavy atom. The first kappa shape index (κ1) is 23.7. The zero-order valence-corrected chi connectivity index (χ0v) is 20.6. The van der Waals surface area contributed by atoms with Gasteiger partial charge in [-0.2, -0.15) is 9.36 Å². The zero-order valence-electron chi connectivity index (χ0n) is 19.0. The first-order chi connectivity index (χ1) is 17.3. The number of rotatable bonds is 7. The number of thioether (sulfide) groups is 1. The fourth-order valence-electron chi connectivity index (χ4n) is 4.08. The average Bonchev–Trinajstić information content (AvgIpc) is 3.47. The maximum absolute atomic E-state index is 13.0. The van der Waals surface area contributed by atoms with Gasteiger partial charge in [-0.1, -0.05) is 15.7 Å². The van der Waals surface area contributed by atoms with Crippen molar-refractivity contribution in [3.63, 3.8) is 0 Å². The van der Waals surface area contributed by atoms with Crippen molar-refractivity contribution >= 4 is 57.6 Å². The summed E-state index contributed by atoms with van der Waals surface area (Å²) in [5.41, 5.74) is 7.54.